The molecule has 1 aliphatic heterocycles. The Morgan fingerprint density at radius 3 is 2.84 bits per heavy atom. The van der Waals surface area contributed by atoms with E-state index in [1.807, 2.05) is 6.08 Å². The highest BCUT2D eigenvalue weighted by Crippen LogP contribution is 2.28. The molecule has 0 bridgehead atoms. The lowest BCUT2D eigenvalue weighted by atomic mass is 10.1. The molecule has 1 aliphatic rings. The maximum absolute atomic E-state index is 13.4. The molecule has 0 saturated carbocycles. The number of benzene rings is 2. The van der Waals surface area contributed by atoms with Crippen molar-refractivity contribution >= 4 is 28.2 Å². The van der Waals surface area contributed by atoms with E-state index in [0.29, 0.717) is 29.9 Å². The van der Waals surface area contributed by atoms with Gasteiger partial charge in [-0.05, 0) is 41.8 Å². The molecule has 2 heterocycles. The highest BCUT2D eigenvalue weighted by molar-refractivity contribution is 5.85. The second kappa shape index (κ2) is 5.62. The number of hydrogen-bond acceptors (Lipinski definition) is 4. The first-order valence-corrected chi connectivity index (χ1v) is 7.68. The first-order valence-electron chi connectivity index (χ1n) is 7.68. The van der Waals surface area contributed by atoms with E-state index in [1.54, 1.807) is 12.1 Å². The maximum Gasteiger partial charge on any atom is 0.270 e. The highest BCUT2D eigenvalue weighted by Gasteiger charge is 2.22. The standard InChI is InChI=1S/C18H12FN3O3/c19-13-3-1-2-11(9-13)8-12-6-7-21-17(12)20-16-5-4-14(22(24)25)10-15(16)18(21)23/h1-5,8-10H,6-7H2. The molecule has 0 radical (unpaired) electrons. The lowest BCUT2D eigenvalue weighted by molar-refractivity contribution is -0.384. The van der Waals surface area contributed by atoms with Crippen LogP contribution >= 0.6 is 0 Å². The summed E-state index contributed by atoms with van der Waals surface area (Å²) in [4.78, 5) is 27.5. The minimum absolute atomic E-state index is 0.138. The van der Waals surface area contributed by atoms with Crippen LogP contribution in [0.3, 0.4) is 0 Å². The summed E-state index contributed by atoms with van der Waals surface area (Å²) in [5.41, 5.74) is 1.50. The van der Waals surface area contributed by atoms with Crippen LogP contribution in [0.25, 0.3) is 22.6 Å². The fourth-order valence-electron chi connectivity index (χ4n) is 3.05. The summed E-state index contributed by atoms with van der Waals surface area (Å²) >= 11 is 0. The van der Waals surface area contributed by atoms with Gasteiger partial charge in [-0.15, -0.1) is 0 Å². The van der Waals surface area contributed by atoms with E-state index < -0.39 is 4.92 Å². The van der Waals surface area contributed by atoms with Crippen LogP contribution in [-0.2, 0) is 6.54 Å². The van der Waals surface area contributed by atoms with E-state index in [-0.39, 0.29) is 22.5 Å². The van der Waals surface area contributed by atoms with E-state index >= 15 is 0 Å². The fourth-order valence-corrected chi connectivity index (χ4v) is 3.05. The van der Waals surface area contributed by atoms with Crippen molar-refractivity contribution in [2.24, 2.45) is 0 Å². The van der Waals surface area contributed by atoms with Crippen LogP contribution in [-0.4, -0.2) is 14.5 Å². The van der Waals surface area contributed by atoms with E-state index in [4.69, 9.17) is 0 Å². The van der Waals surface area contributed by atoms with Crippen molar-refractivity contribution in [1.29, 1.82) is 0 Å². The topological polar surface area (TPSA) is 78.0 Å². The largest absolute Gasteiger partial charge is 0.292 e. The van der Waals surface area contributed by atoms with Gasteiger partial charge in [0.1, 0.15) is 11.6 Å². The number of hydrogen-bond donors (Lipinski definition) is 0. The molecule has 0 atom stereocenters. The number of non-ortho nitro benzene ring substituents is 1. The number of fused-ring (bicyclic) bond motifs is 2. The Bertz CT molecular complexity index is 1120. The summed E-state index contributed by atoms with van der Waals surface area (Å²) in [6, 6.07) is 10.3. The van der Waals surface area contributed by atoms with Crippen LogP contribution in [0.1, 0.15) is 17.8 Å². The molecule has 1 aromatic heterocycles. The van der Waals surface area contributed by atoms with Crippen LogP contribution in [0, 0.1) is 15.9 Å². The van der Waals surface area contributed by atoms with Crippen molar-refractivity contribution in [2.75, 3.05) is 0 Å². The molecule has 0 N–H and O–H groups in total. The first kappa shape index (κ1) is 15.2. The van der Waals surface area contributed by atoms with Crippen LogP contribution in [0.15, 0.2) is 47.3 Å². The third-order valence-electron chi connectivity index (χ3n) is 4.23. The number of rotatable bonds is 2. The zero-order valence-corrected chi connectivity index (χ0v) is 13.0. The predicted molar refractivity (Wildman–Crippen MR) is 91.5 cm³/mol. The van der Waals surface area contributed by atoms with Crippen molar-refractivity contribution in [3.8, 4) is 0 Å². The van der Waals surface area contributed by atoms with Gasteiger partial charge in [0.05, 0.1) is 15.8 Å². The minimum atomic E-state index is -0.536. The van der Waals surface area contributed by atoms with Crippen LogP contribution in [0.2, 0.25) is 0 Å². The summed E-state index contributed by atoms with van der Waals surface area (Å²) in [5, 5.41) is 11.1. The predicted octanol–water partition coefficient (Wildman–Crippen LogP) is 3.39. The molecular formula is C18H12FN3O3. The Morgan fingerprint density at radius 1 is 1.24 bits per heavy atom. The second-order valence-electron chi connectivity index (χ2n) is 5.83. The lowest BCUT2D eigenvalue weighted by Crippen LogP contribution is -2.20. The van der Waals surface area contributed by atoms with Crippen molar-refractivity contribution < 1.29 is 9.31 Å². The Kier molecular flexibility index (Phi) is 3.42. The van der Waals surface area contributed by atoms with Crippen molar-refractivity contribution in [1.82, 2.24) is 9.55 Å². The molecule has 0 spiro atoms. The highest BCUT2D eigenvalue weighted by atomic mass is 19.1. The third kappa shape index (κ3) is 2.59. The Hall–Kier alpha value is -3.35. The molecular weight excluding hydrogens is 325 g/mol. The summed E-state index contributed by atoms with van der Waals surface area (Å²) in [5.74, 6) is 0.194. The molecule has 124 valence electrons. The second-order valence-corrected chi connectivity index (χ2v) is 5.83. The maximum atomic E-state index is 13.4. The summed E-state index contributed by atoms with van der Waals surface area (Å²) < 4.78 is 14.9. The van der Waals surface area contributed by atoms with Crippen LogP contribution in [0.4, 0.5) is 10.1 Å². The average molecular weight is 337 g/mol. The molecule has 2 aromatic carbocycles. The normalized spacial score (nSPS) is 14.8. The Labute approximate surface area is 141 Å². The van der Waals surface area contributed by atoms with E-state index in [2.05, 4.69) is 4.98 Å². The third-order valence-corrected chi connectivity index (χ3v) is 4.23. The zero-order valence-electron chi connectivity index (χ0n) is 13.0. The molecule has 0 unspecified atom stereocenters. The number of halogens is 1. The van der Waals surface area contributed by atoms with Crippen molar-refractivity contribution in [3.05, 3.63) is 80.1 Å². The van der Waals surface area contributed by atoms with Crippen LogP contribution in [0.5, 0.6) is 0 Å². The number of nitro benzene ring substituents is 1. The van der Waals surface area contributed by atoms with Gasteiger partial charge >= 0.3 is 0 Å². The zero-order chi connectivity index (χ0) is 17.6. The van der Waals surface area contributed by atoms with Gasteiger partial charge in [-0.25, -0.2) is 9.37 Å². The van der Waals surface area contributed by atoms with Gasteiger partial charge in [0.2, 0.25) is 0 Å². The molecule has 25 heavy (non-hydrogen) atoms. The van der Waals surface area contributed by atoms with E-state index in [9.17, 15) is 19.3 Å². The number of aromatic nitrogens is 2. The Balaban J connectivity index is 1.88. The quantitative estimate of drug-likeness (QED) is 0.530. The summed E-state index contributed by atoms with van der Waals surface area (Å²) in [7, 11) is 0. The summed E-state index contributed by atoms with van der Waals surface area (Å²) in [6.45, 7) is 0.445. The van der Waals surface area contributed by atoms with Crippen molar-refractivity contribution in [2.45, 2.75) is 13.0 Å². The van der Waals surface area contributed by atoms with Gasteiger partial charge in [-0.3, -0.25) is 19.5 Å². The minimum Gasteiger partial charge on any atom is -0.292 e. The number of nitro groups is 1. The van der Waals surface area contributed by atoms with Gasteiger partial charge in [0.25, 0.3) is 11.2 Å². The van der Waals surface area contributed by atoms with Gasteiger partial charge in [0.15, 0.2) is 0 Å². The fraction of sp³-hybridized carbons (Fsp3) is 0.111. The molecule has 0 fully saturated rings. The van der Waals surface area contributed by atoms with Gasteiger partial charge in [-0.2, -0.15) is 0 Å². The van der Waals surface area contributed by atoms with E-state index in [1.165, 1.54) is 34.9 Å². The Morgan fingerprint density at radius 2 is 2.08 bits per heavy atom. The average Bonchev–Trinajstić information content (AvgIpc) is 2.98. The first-order chi connectivity index (χ1) is 12.0. The summed E-state index contributed by atoms with van der Waals surface area (Å²) in [6.07, 6.45) is 2.41. The smallest absolute Gasteiger partial charge is 0.270 e. The van der Waals surface area contributed by atoms with E-state index in [0.717, 1.165) is 5.57 Å². The SMILES string of the molecule is O=c1c2cc([N+](=O)[O-])ccc2nc2n1CCC2=Cc1cccc(F)c1. The van der Waals surface area contributed by atoms with Crippen molar-refractivity contribution in [3.63, 3.8) is 0 Å². The monoisotopic (exact) mass is 337 g/mol. The lowest BCUT2D eigenvalue weighted by Gasteiger charge is -2.05. The molecule has 4 rings (SSSR count). The molecule has 0 amide bonds. The van der Waals surface area contributed by atoms with Crippen LogP contribution < -0.4 is 5.56 Å². The molecule has 0 aliphatic carbocycles. The van der Waals surface area contributed by atoms with Gasteiger partial charge in [-0.1, -0.05) is 12.1 Å². The number of allylic oxidation sites excluding steroid dienone is 1. The van der Waals surface area contributed by atoms with Gasteiger partial charge in [0, 0.05) is 18.7 Å². The molecule has 7 heteroatoms. The van der Waals surface area contributed by atoms with Gasteiger partial charge < -0.3 is 0 Å². The number of nitrogens with zero attached hydrogens (tertiary/aromatic N) is 3. The molecule has 0 saturated heterocycles. The molecule has 6 nitrogen and oxygen atoms in total. The molecule has 3 aromatic rings.